The van der Waals surface area contributed by atoms with Crippen LogP contribution in [0.4, 0.5) is 5.69 Å². The summed E-state index contributed by atoms with van der Waals surface area (Å²) in [5.41, 5.74) is 1.40. The van der Waals surface area contributed by atoms with E-state index in [0.717, 1.165) is 5.56 Å². The van der Waals surface area contributed by atoms with Crippen LogP contribution in [0.1, 0.15) is 26.3 Å². The Labute approximate surface area is 176 Å². The van der Waals surface area contributed by atoms with E-state index in [4.69, 9.17) is 9.47 Å². The molecule has 2 rings (SSSR count). The van der Waals surface area contributed by atoms with Gasteiger partial charge in [0.2, 0.25) is 5.91 Å². The van der Waals surface area contributed by atoms with Crippen LogP contribution < -0.4 is 15.4 Å². The average molecular weight is 412 g/mol. The molecule has 0 aliphatic rings. The first-order chi connectivity index (χ1) is 14.3. The van der Waals surface area contributed by atoms with Crippen LogP contribution in [0.3, 0.4) is 0 Å². The van der Waals surface area contributed by atoms with E-state index in [1.54, 1.807) is 45.2 Å². The highest BCUT2D eigenvalue weighted by molar-refractivity contribution is 5.95. The van der Waals surface area contributed by atoms with Crippen LogP contribution in [-0.4, -0.2) is 37.0 Å². The van der Waals surface area contributed by atoms with Gasteiger partial charge < -0.3 is 20.1 Å². The zero-order valence-corrected chi connectivity index (χ0v) is 17.7. The van der Waals surface area contributed by atoms with Gasteiger partial charge in [-0.25, -0.2) is 4.79 Å². The van der Waals surface area contributed by atoms with E-state index in [1.165, 1.54) is 6.92 Å². The van der Waals surface area contributed by atoms with Gasteiger partial charge in [-0.1, -0.05) is 44.2 Å². The van der Waals surface area contributed by atoms with Crippen molar-refractivity contribution in [3.8, 4) is 5.75 Å². The zero-order valence-electron chi connectivity index (χ0n) is 17.7. The number of carbonyl (C=O) groups is 3. The van der Waals surface area contributed by atoms with E-state index in [-0.39, 0.29) is 18.2 Å². The lowest BCUT2D eigenvalue weighted by Crippen LogP contribution is -2.47. The number of hydrogen-bond acceptors (Lipinski definition) is 5. The Morgan fingerprint density at radius 2 is 1.57 bits per heavy atom. The molecular formula is C23H28N2O5. The van der Waals surface area contributed by atoms with Crippen LogP contribution in [0.2, 0.25) is 0 Å². The van der Waals surface area contributed by atoms with E-state index in [1.807, 2.05) is 30.3 Å². The highest BCUT2D eigenvalue weighted by Gasteiger charge is 2.29. The molecule has 0 aliphatic heterocycles. The standard InChI is InChI=1S/C23H28N2O5/c1-15(2)21(25-20(26)14-17-8-6-5-7-9-17)23(28)30-16(3)22(27)24-18-10-12-19(29-4)13-11-18/h5-13,15-16,21H,14H2,1-4H3,(H,24,27)(H,25,26)/t16-,21+/m1/s1. The van der Waals surface area contributed by atoms with Gasteiger partial charge in [-0.2, -0.15) is 0 Å². The second-order valence-electron chi connectivity index (χ2n) is 7.25. The minimum atomic E-state index is -1.02. The fourth-order valence-electron chi connectivity index (χ4n) is 2.72. The number of benzene rings is 2. The molecule has 0 unspecified atom stereocenters. The monoisotopic (exact) mass is 412 g/mol. The van der Waals surface area contributed by atoms with Crippen molar-refractivity contribution in [3.05, 3.63) is 60.2 Å². The SMILES string of the molecule is COc1ccc(NC(=O)[C@@H](C)OC(=O)[C@@H](NC(=O)Cc2ccccc2)C(C)C)cc1. The van der Waals surface area contributed by atoms with Crippen molar-refractivity contribution < 1.29 is 23.9 Å². The number of hydrogen-bond donors (Lipinski definition) is 2. The summed E-state index contributed by atoms with van der Waals surface area (Å²) >= 11 is 0. The van der Waals surface area contributed by atoms with Gasteiger partial charge in [0.1, 0.15) is 11.8 Å². The second-order valence-corrected chi connectivity index (χ2v) is 7.25. The van der Waals surface area contributed by atoms with Crippen molar-refractivity contribution in [2.24, 2.45) is 5.92 Å². The molecular weight excluding hydrogens is 384 g/mol. The Balaban J connectivity index is 1.92. The maximum atomic E-state index is 12.6. The Morgan fingerprint density at radius 3 is 2.13 bits per heavy atom. The Bertz CT molecular complexity index is 850. The van der Waals surface area contributed by atoms with Gasteiger partial charge in [-0.15, -0.1) is 0 Å². The summed E-state index contributed by atoms with van der Waals surface area (Å²) in [6.07, 6.45) is -0.864. The lowest BCUT2D eigenvalue weighted by Gasteiger charge is -2.23. The number of rotatable bonds is 9. The molecule has 0 aliphatic carbocycles. The minimum absolute atomic E-state index is 0.158. The number of anilines is 1. The van der Waals surface area contributed by atoms with Gasteiger partial charge in [0.05, 0.1) is 13.5 Å². The fraction of sp³-hybridized carbons (Fsp3) is 0.348. The van der Waals surface area contributed by atoms with Crippen LogP contribution in [0.5, 0.6) is 5.75 Å². The summed E-state index contributed by atoms with van der Waals surface area (Å²) in [4.78, 5) is 37.3. The van der Waals surface area contributed by atoms with Crippen molar-refractivity contribution in [2.75, 3.05) is 12.4 Å². The van der Waals surface area contributed by atoms with Crippen molar-refractivity contribution in [1.82, 2.24) is 5.32 Å². The van der Waals surface area contributed by atoms with Crippen molar-refractivity contribution >= 4 is 23.5 Å². The first kappa shape index (κ1) is 22.9. The molecule has 0 radical (unpaired) electrons. The Kier molecular flexibility index (Phi) is 8.41. The van der Waals surface area contributed by atoms with Gasteiger partial charge in [0.25, 0.3) is 5.91 Å². The van der Waals surface area contributed by atoms with Crippen molar-refractivity contribution in [1.29, 1.82) is 0 Å². The molecule has 0 fully saturated rings. The molecule has 0 saturated heterocycles. The van der Waals surface area contributed by atoms with Crippen molar-refractivity contribution in [2.45, 2.75) is 39.3 Å². The number of esters is 1. The van der Waals surface area contributed by atoms with Gasteiger partial charge in [-0.05, 0) is 42.7 Å². The predicted octanol–water partition coefficient (Wildman–Crippen LogP) is 2.95. The number of methoxy groups -OCH3 is 1. The molecule has 160 valence electrons. The van der Waals surface area contributed by atoms with Crippen LogP contribution in [-0.2, 0) is 25.5 Å². The van der Waals surface area contributed by atoms with E-state index in [0.29, 0.717) is 11.4 Å². The normalized spacial score (nSPS) is 12.6. The predicted molar refractivity (Wildman–Crippen MR) is 114 cm³/mol. The maximum absolute atomic E-state index is 12.6. The molecule has 0 heterocycles. The Morgan fingerprint density at radius 1 is 0.933 bits per heavy atom. The van der Waals surface area contributed by atoms with Crippen LogP contribution in [0.15, 0.2) is 54.6 Å². The summed E-state index contributed by atoms with van der Waals surface area (Å²) in [6.45, 7) is 5.09. The van der Waals surface area contributed by atoms with E-state index in [2.05, 4.69) is 10.6 Å². The third kappa shape index (κ3) is 6.92. The molecule has 7 nitrogen and oxygen atoms in total. The second kappa shape index (κ2) is 11.0. The topological polar surface area (TPSA) is 93.7 Å². The van der Waals surface area contributed by atoms with Gasteiger partial charge >= 0.3 is 5.97 Å². The molecule has 2 aromatic rings. The number of nitrogens with one attached hydrogen (secondary N) is 2. The minimum Gasteiger partial charge on any atom is -0.497 e. The summed E-state index contributed by atoms with van der Waals surface area (Å²) in [5.74, 6) is -0.935. The average Bonchev–Trinajstić information content (AvgIpc) is 2.72. The van der Waals surface area contributed by atoms with E-state index >= 15 is 0 Å². The summed E-state index contributed by atoms with van der Waals surface area (Å²) in [5, 5.41) is 5.39. The number of amides is 2. The molecule has 0 bridgehead atoms. The lowest BCUT2D eigenvalue weighted by atomic mass is 10.0. The van der Waals surface area contributed by atoms with E-state index in [9.17, 15) is 14.4 Å². The lowest BCUT2D eigenvalue weighted by molar-refractivity contribution is -0.157. The van der Waals surface area contributed by atoms with Gasteiger partial charge in [0, 0.05) is 5.69 Å². The smallest absolute Gasteiger partial charge is 0.329 e. The molecule has 0 aromatic heterocycles. The molecule has 7 heteroatoms. The van der Waals surface area contributed by atoms with Crippen LogP contribution >= 0.6 is 0 Å². The molecule has 30 heavy (non-hydrogen) atoms. The molecule has 2 atom stereocenters. The van der Waals surface area contributed by atoms with Crippen LogP contribution in [0.25, 0.3) is 0 Å². The summed E-state index contributed by atoms with van der Waals surface area (Å²) < 4.78 is 10.4. The molecule has 0 spiro atoms. The van der Waals surface area contributed by atoms with Gasteiger partial charge in [-0.3, -0.25) is 9.59 Å². The first-order valence-corrected chi connectivity index (χ1v) is 9.79. The van der Waals surface area contributed by atoms with E-state index < -0.39 is 24.0 Å². The summed E-state index contributed by atoms with van der Waals surface area (Å²) in [7, 11) is 1.55. The maximum Gasteiger partial charge on any atom is 0.329 e. The van der Waals surface area contributed by atoms with Crippen LogP contribution in [0, 0.1) is 5.92 Å². The molecule has 0 saturated carbocycles. The van der Waals surface area contributed by atoms with Crippen molar-refractivity contribution in [3.63, 3.8) is 0 Å². The zero-order chi connectivity index (χ0) is 22.1. The quantitative estimate of drug-likeness (QED) is 0.618. The molecule has 2 amide bonds. The third-order valence-corrected chi connectivity index (χ3v) is 4.46. The molecule has 2 aromatic carbocycles. The Hall–Kier alpha value is -3.35. The number of carbonyl (C=O) groups excluding carboxylic acids is 3. The van der Waals surface area contributed by atoms with Gasteiger partial charge in [0.15, 0.2) is 6.10 Å². The fourth-order valence-corrected chi connectivity index (χ4v) is 2.72. The first-order valence-electron chi connectivity index (χ1n) is 9.79. The highest BCUT2D eigenvalue weighted by atomic mass is 16.5. The highest BCUT2D eigenvalue weighted by Crippen LogP contribution is 2.16. The summed E-state index contributed by atoms with van der Waals surface area (Å²) in [6, 6.07) is 15.2. The largest absolute Gasteiger partial charge is 0.497 e. The third-order valence-electron chi connectivity index (χ3n) is 4.46. The number of ether oxygens (including phenoxy) is 2. The molecule has 2 N–H and O–H groups in total.